The Labute approximate surface area is 125 Å². The molecule has 4 heteroatoms. The van der Waals surface area contributed by atoms with Gasteiger partial charge < -0.3 is 5.11 Å². The lowest BCUT2D eigenvalue weighted by atomic mass is 10.0. The summed E-state index contributed by atoms with van der Waals surface area (Å²) < 4.78 is 0. The number of halogens is 1. The van der Waals surface area contributed by atoms with Crippen LogP contribution in [0.15, 0.2) is 24.3 Å². The Hall–Kier alpha value is -1.06. The number of benzene rings is 1. The van der Waals surface area contributed by atoms with Crippen LogP contribution in [-0.4, -0.2) is 29.1 Å². The maximum atomic E-state index is 10.7. The Morgan fingerprint density at radius 3 is 2.75 bits per heavy atom. The van der Waals surface area contributed by atoms with E-state index in [1.54, 1.807) is 0 Å². The number of carbonyl (C=O) groups is 1. The molecule has 2 rings (SSSR count). The average Bonchev–Trinajstić information content (AvgIpc) is 2.88. The Morgan fingerprint density at radius 2 is 2.15 bits per heavy atom. The Balaban J connectivity index is 1.96. The van der Waals surface area contributed by atoms with Crippen LogP contribution in [0.2, 0.25) is 5.02 Å². The second kappa shape index (κ2) is 7.09. The number of aliphatic carboxylic acids is 1. The van der Waals surface area contributed by atoms with E-state index in [0.717, 1.165) is 37.4 Å². The highest BCUT2D eigenvalue weighted by Crippen LogP contribution is 2.32. The van der Waals surface area contributed by atoms with Crippen molar-refractivity contribution in [1.82, 2.24) is 4.90 Å². The summed E-state index contributed by atoms with van der Waals surface area (Å²) in [5.74, 6) is -0.166. The molecule has 1 N–H and O–H groups in total. The molecule has 1 aliphatic rings. The van der Waals surface area contributed by atoms with Crippen molar-refractivity contribution in [3.8, 4) is 0 Å². The molecule has 2 atom stereocenters. The zero-order valence-corrected chi connectivity index (χ0v) is 12.6. The summed E-state index contributed by atoms with van der Waals surface area (Å²) >= 11 is 5.94. The molecule has 110 valence electrons. The number of carboxylic acid groups (broad SMARTS) is 1. The summed E-state index contributed by atoms with van der Waals surface area (Å²) in [4.78, 5) is 13.1. The summed E-state index contributed by atoms with van der Waals surface area (Å²) in [6.07, 6.45) is 3.25. The summed E-state index contributed by atoms with van der Waals surface area (Å²) in [6.45, 7) is 4.27. The van der Waals surface area contributed by atoms with Crippen molar-refractivity contribution in [1.29, 1.82) is 0 Å². The van der Waals surface area contributed by atoms with Gasteiger partial charge in [0.25, 0.3) is 0 Å². The normalized spacial score (nSPS) is 21.0. The highest BCUT2D eigenvalue weighted by molar-refractivity contribution is 6.30. The van der Waals surface area contributed by atoms with Gasteiger partial charge in [0.2, 0.25) is 0 Å². The van der Waals surface area contributed by atoms with Crippen LogP contribution in [-0.2, 0) is 4.79 Å². The predicted octanol–water partition coefficient (Wildman–Crippen LogP) is 3.98. The van der Waals surface area contributed by atoms with Gasteiger partial charge in [0.15, 0.2) is 0 Å². The number of nitrogens with zero attached hydrogens (tertiary/aromatic N) is 1. The quantitative estimate of drug-likeness (QED) is 0.863. The van der Waals surface area contributed by atoms with Gasteiger partial charge in [0.05, 0.1) is 0 Å². The number of hydrogen-bond acceptors (Lipinski definition) is 2. The lowest BCUT2D eigenvalue weighted by Crippen LogP contribution is -2.26. The minimum absolute atomic E-state index is 0.288. The molecule has 0 aliphatic carbocycles. The summed E-state index contributed by atoms with van der Waals surface area (Å²) in [5.41, 5.74) is 1.30. The van der Waals surface area contributed by atoms with Gasteiger partial charge >= 0.3 is 5.97 Å². The van der Waals surface area contributed by atoms with E-state index in [1.807, 2.05) is 12.1 Å². The first-order valence-electron chi connectivity index (χ1n) is 7.31. The molecule has 20 heavy (non-hydrogen) atoms. The molecule has 0 spiro atoms. The first-order valence-corrected chi connectivity index (χ1v) is 7.69. The van der Waals surface area contributed by atoms with Gasteiger partial charge in [-0.3, -0.25) is 9.69 Å². The number of likely N-dealkylation sites (tertiary alicyclic amines) is 1. The van der Waals surface area contributed by atoms with Crippen molar-refractivity contribution in [2.24, 2.45) is 5.92 Å². The van der Waals surface area contributed by atoms with Crippen molar-refractivity contribution in [3.05, 3.63) is 34.9 Å². The van der Waals surface area contributed by atoms with E-state index in [1.165, 1.54) is 5.56 Å². The molecule has 0 radical (unpaired) electrons. The predicted molar refractivity (Wildman–Crippen MR) is 81.0 cm³/mol. The van der Waals surface area contributed by atoms with Crippen LogP contribution in [0.5, 0.6) is 0 Å². The molecular weight excluding hydrogens is 274 g/mol. The van der Waals surface area contributed by atoms with E-state index in [9.17, 15) is 4.79 Å². The van der Waals surface area contributed by atoms with Crippen LogP contribution in [0, 0.1) is 5.92 Å². The third-order valence-electron chi connectivity index (χ3n) is 4.17. The molecule has 1 heterocycles. The van der Waals surface area contributed by atoms with Gasteiger partial charge in [0, 0.05) is 24.0 Å². The molecular formula is C16H22ClNO2. The van der Waals surface area contributed by atoms with Crippen LogP contribution in [0.4, 0.5) is 0 Å². The number of carboxylic acids is 1. The van der Waals surface area contributed by atoms with Crippen LogP contribution in [0.1, 0.15) is 44.2 Å². The monoisotopic (exact) mass is 295 g/mol. The second-order valence-electron chi connectivity index (χ2n) is 5.56. The van der Waals surface area contributed by atoms with Gasteiger partial charge in [-0.1, -0.05) is 30.7 Å². The first-order chi connectivity index (χ1) is 9.60. The second-order valence-corrected chi connectivity index (χ2v) is 5.99. The highest BCUT2D eigenvalue weighted by atomic mass is 35.5. The van der Waals surface area contributed by atoms with Gasteiger partial charge in [-0.25, -0.2) is 0 Å². The maximum Gasteiger partial charge on any atom is 0.303 e. The molecule has 0 saturated carbocycles. The van der Waals surface area contributed by atoms with E-state index in [4.69, 9.17) is 16.7 Å². The van der Waals surface area contributed by atoms with Gasteiger partial charge in [-0.05, 0) is 49.4 Å². The summed E-state index contributed by atoms with van der Waals surface area (Å²) in [6, 6.07) is 8.50. The first kappa shape index (κ1) is 15.3. The van der Waals surface area contributed by atoms with Crippen molar-refractivity contribution < 1.29 is 9.90 Å². The molecule has 1 fully saturated rings. The molecule has 2 unspecified atom stereocenters. The lowest BCUT2D eigenvalue weighted by Gasteiger charge is -2.27. The maximum absolute atomic E-state index is 10.7. The molecule has 0 aromatic heterocycles. The Kier molecular flexibility index (Phi) is 5.44. The smallest absolute Gasteiger partial charge is 0.303 e. The summed E-state index contributed by atoms with van der Waals surface area (Å²) in [7, 11) is 0. The van der Waals surface area contributed by atoms with E-state index < -0.39 is 5.97 Å². The standard InChI is InChI=1S/C16H22ClNO2/c1-2-15(13-4-6-14(17)7-5-13)18-10-9-12(11-18)3-8-16(19)20/h4-7,12,15H,2-3,8-11H2,1H3,(H,19,20). The zero-order chi connectivity index (χ0) is 14.5. The minimum atomic E-state index is -0.687. The van der Waals surface area contributed by atoms with Crippen LogP contribution >= 0.6 is 11.6 Å². The number of rotatable bonds is 6. The third-order valence-corrected chi connectivity index (χ3v) is 4.42. The van der Waals surface area contributed by atoms with E-state index in [2.05, 4.69) is 24.0 Å². The fourth-order valence-corrected chi connectivity index (χ4v) is 3.22. The molecule has 0 bridgehead atoms. The van der Waals surface area contributed by atoms with E-state index in [0.29, 0.717) is 12.0 Å². The molecule has 1 aromatic rings. The Morgan fingerprint density at radius 1 is 1.45 bits per heavy atom. The van der Waals surface area contributed by atoms with Crippen molar-refractivity contribution in [3.63, 3.8) is 0 Å². The lowest BCUT2D eigenvalue weighted by molar-refractivity contribution is -0.137. The highest BCUT2D eigenvalue weighted by Gasteiger charge is 2.28. The van der Waals surface area contributed by atoms with Crippen LogP contribution in [0.25, 0.3) is 0 Å². The van der Waals surface area contributed by atoms with E-state index >= 15 is 0 Å². The summed E-state index contributed by atoms with van der Waals surface area (Å²) in [5, 5.41) is 9.54. The third kappa shape index (κ3) is 3.97. The number of hydrogen-bond donors (Lipinski definition) is 1. The fourth-order valence-electron chi connectivity index (χ4n) is 3.10. The Bertz CT molecular complexity index is 446. The van der Waals surface area contributed by atoms with Crippen LogP contribution < -0.4 is 0 Å². The largest absolute Gasteiger partial charge is 0.481 e. The fraction of sp³-hybridized carbons (Fsp3) is 0.562. The van der Waals surface area contributed by atoms with Gasteiger partial charge in [-0.2, -0.15) is 0 Å². The van der Waals surface area contributed by atoms with Crippen molar-refractivity contribution in [2.45, 2.75) is 38.6 Å². The van der Waals surface area contributed by atoms with Crippen molar-refractivity contribution in [2.75, 3.05) is 13.1 Å². The van der Waals surface area contributed by atoms with E-state index in [-0.39, 0.29) is 6.42 Å². The van der Waals surface area contributed by atoms with Crippen molar-refractivity contribution >= 4 is 17.6 Å². The zero-order valence-electron chi connectivity index (χ0n) is 11.9. The molecule has 0 amide bonds. The molecule has 1 saturated heterocycles. The average molecular weight is 296 g/mol. The molecule has 1 aromatic carbocycles. The van der Waals surface area contributed by atoms with Gasteiger partial charge in [-0.15, -0.1) is 0 Å². The topological polar surface area (TPSA) is 40.5 Å². The SMILES string of the molecule is CCC(c1ccc(Cl)cc1)N1CCC(CCC(=O)O)C1. The van der Waals surface area contributed by atoms with Gasteiger partial charge in [0.1, 0.15) is 0 Å². The molecule has 3 nitrogen and oxygen atoms in total. The molecule has 1 aliphatic heterocycles. The minimum Gasteiger partial charge on any atom is -0.481 e. The van der Waals surface area contributed by atoms with Crippen LogP contribution in [0.3, 0.4) is 0 Å².